The molecule has 0 bridgehead atoms. The Labute approximate surface area is 126 Å². The number of nitro groups is 1. The lowest BCUT2D eigenvalue weighted by Gasteiger charge is -2.23. The molecule has 6 heteroatoms. The zero-order chi connectivity index (χ0) is 14.6. The summed E-state index contributed by atoms with van der Waals surface area (Å²) in [7, 11) is 0. The number of halogens is 1. The van der Waals surface area contributed by atoms with E-state index in [1.165, 1.54) is 12.1 Å². The monoisotopic (exact) mass is 378 g/mol. The summed E-state index contributed by atoms with van der Waals surface area (Å²) in [4.78, 5) is 10.2. The van der Waals surface area contributed by atoms with Crippen LogP contribution in [-0.4, -0.2) is 22.7 Å². The van der Waals surface area contributed by atoms with Crippen molar-refractivity contribution in [3.05, 3.63) is 31.9 Å². The van der Waals surface area contributed by atoms with Crippen LogP contribution in [0.4, 0.5) is 11.4 Å². The van der Waals surface area contributed by atoms with Gasteiger partial charge in [-0.15, -0.1) is 0 Å². The molecule has 1 aromatic rings. The van der Waals surface area contributed by atoms with Gasteiger partial charge >= 0.3 is 0 Å². The molecule has 1 rings (SSSR count). The number of nitrogens with zero attached hydrogens (tertiary/aromatic N) is 1. The molecule has 5 nitrogen and oxygen atoms in total. The Morgan fingerprint density at radius 2 is 2.11 bits per heavy atom. The van der Waals surface area contributed by atoms with Gasteiger partial charge in [0.1, 0.15) is 0 Å². The minimum atomic E-state index is -0.439. The fraction of sp³-hybridized carbons (Fsp3) is 0.538. The number of hydrogen-bond acceptors (Lipinski definition) is 4. The van der Waals surface area contributed by atoms with Gasteiger partial charge in [-0.25, -0.2) is 0 Å². The number of rotatable bonds is 5. The Bertz CT molecular complexity index is 458. The van der Waals surface area contributed by atoms with Gasteiger partial charge in [-0.1, -0.05) is 20.8 Å². The van der Waals surface area contributed by atoms with E-state index in [1.54, 1.807) is 6.07 Å². The number of anilines is 1. The van der Waals surface area contributed by atoms with Gasteiger partial charge in [0.2, 0.25) is 0 Å². The van der Waals surface area contributed by atoms with Crippen molar-refractivity contribution in [1.82, 2.24) is 0 Å². The first kappa shape index (κ1) is 16.2. The van der Waals surface area contributed by atoms with Gasteiger partial charge in [0.15, 0.2) is 0 Å². The van der Waals surface area contributed by atoms with Crippen LogP contribution in [0.15, 0.2) is 18.2 Å². The predicted molar refractivity (Wildman–Crippen MR) is 84.4 cm³/mol. The predicted octanol–water partition coefficient (Wildman–Crippen LogP) is 3.41. The normalized spacial score (nSPS) is 13.1. The molecule has 106 valence electrons. The largest absolute Gasteiger partial charge is 0.391 e. The molecule has 0 aliphatic heterocycles. The number of aliphatic hydroxyl groups excluding tert-OH is 1. The Morgan fingerprint density at radius 3 is 2.58 bits per heavy atom. The van der Waals surface area contributed by atoms with Crippen molar-refractivity contribution in [1.29, 1.82) is 0 Å². The van der Waals surface area contributed by atoms with Gasteiger partial charge in [0.25, 0.3) is 5.69 Å². The second-order valence-electron chi connectivity index (χ2n) is 5.72. The van der Waals surface area contributed by atoms with Gasteiger partial charge in [-0.05, 0) is 40.5 Å². The summed E-state index contributed by atoms with van der Waals surface area (Å²) in [5.74, 6) is 0. The third-order valence-electron chi connectivity index (χ3n) is 2.54. The van der Waals surface area contributed by atoms with Crippen LogP contribution >= 0.6 is 22.6 Å². The van der Waals surface area contributed by atoms with Crippen molar-refractivity contribution in [2.75, 3.05) is 11.9 Å². The van der Waals surface area contributed by atoms with E-state index in [0.29, 0.717) is 13.0 Å². The number of non-ortho nitro benzene ring substituents is 1. The minimum Gasteiger partial charge on any atom is -0.391 e. The summed E-state index contributed by atoms with van der Waals surface area (Å²) in [6, 6.07) is 4.64. The first-order valence-electron chi connectivity index (χ1n) is 6.05. The number of aliphatic hydroxyl groups is 1. The maximum atomic E-state index is 10.6. The lowest BCUT2D eigenvalue weighted by molar-refractivity contribution is -0.384. The number of nitro benzene ring substituents is 1. The number of benzene rings is 1. The highest BCUT2D eigenvalue weighted by atomic mass is 127. The van der Waals surface area contributed by atoms with Crippen LogP contribution in [0.2, 0.25) is 0 Å². The lowest BCUT2D eigenvalue weighted by Crippen LogP contribution is -2.25. The molecule has 0 spiro atoms. The molecular weight excluding hydrogens is 359 g/mol. The molecule has 1 unspecified atom stereocenters. The average Bonchev–Trinajstić information content (AvgIpc) is 2.24. The quantitative estimate of drug-likeness (QED) is 0.468. The van der Waals surface area contributed by atoms with Crippen molar-refractivity contribution < 1.29 is 10.0 Å². The Balaban J connectivity index is 2.61. The van der Waals surface area contributed by atoms with E-state index < -0.39 is 11.0 Å². The van der Waals surface area contributed by atoms with E-state index in [1.807, 2.05) is 22.6 Å². The molecule has 1 atom stereocenters. The molecule has 19 heavy (non-hydrogen) atoms. The standard InChI is InChI=1S/C13H19IN2O3/c1-13(2,3)7-10(17)8-15-12-5-4-9(16(18)19)6-11(12)14/h4-6,10,15,17H,7-8H2,1-3H3. The molecule has 0 saturated carbocycles. The van der Waals surface area contributed by atoms with E-state index in [0.717, 1.165) is 9.26 Å². The smallest absolute Gasteiger partial charge is 0.270 e. The fourth-order valence-corrected chi connectivity index (χ4v) is 2.46. The van der Waals surface area contributed by atoms with Crippen LogP contribution in [0.25, 0.3) is 0 Å². The van der Waals surface area contributed by atoms with Gasteiger partial charge in [-0.2, -0.15) is 0 Å². The van der Waals surface area contributed by atoms with E-state index in [9.17, 15) is 15.2 Å². The third-order valence-corrected chi connectivity index (χ3v) is 3.43. The highest BCUT2D eigenvalue weighted by Gasteiger charge is 2.17. The van der Waals surface area contributed by atoms with Crippen LogP contribution in [0, 0.1) is 19.1 Å². The number of nitrogens with one attached hydrogen (secondary N) is 1. The Kier molecular flexibility index (Phi) is 5.54. The van der Waals surface area contributed by atoms with E-state index >= 15 is 0 Å². The van der Waals surface area contributed by atoms with Crippen LogP contribution in [0.1, 0.15) is 27.2 Å². The molecule has 0 amide bonds. The summed E-state index contributed by atoms with van der Waals surface area (Å²) in [5.41, 5.74) is 0.952. The molecule has 0 heterocycles. The summed E-state index contributed by atoms with van der Waals surface area (Å²) >= 11 is 2.05. The maximum absolute atomic E-state index is 10.6. The first-order valence-corrected chi connectivity index (χ1v) is 7.13. The number of hydrogen-bond donors (Lipinski definition) is 2. The van der Waals surface area contributed by atoms with Crippen molar-refractivity contribution in [2.45, 2.75) is 33.3 Å². The lowest BCUT2D eigenvalue weighted by atomic mass is 9.89. The molecule has 0 aromatic heterocycles. The molecule has 2 N–H and O–H groups in total. The van der Waals surface area contributed by atoms with Gasteiger partial charge in [0, 0.05) is 27.9 Å². The second kappa shape index (κ2) is 6.51. The molecule has 0 radical (unpaired) electrons. The van der Waals surface area contributed by atoms with Crippen molar-refractivity contribution in [3.63, 3.8) is 0 Å². The summed E-state index contributed by atoms with van der Waals surface area (Å²) in [6.45, 7) is 6.66. The summed E-state index contributed by atoms with van der Waals surface area (Å²) in [5, 5.41) is 23.7. The maximum Gasteiger partial charge on any atom is 0.270 e. The summed E-state index contributed by atoms with van der Waals surface area (Å²) < 4.78 is 0.773. The van der Waals surface area contributed by atoms with Crippen LogP contribution in [-0.2, 0) is 0 Å². The second-order valence-corrected chi connectivity index (χ2v) is 6.88. The third kappa shape index (κ3) is 5.73. The molecule has 0 aliphatic carbocycles. The topological polar surface area (TPSA) is 75.4 Å². The van der Waals surface area contributed by atoms with Gasteiger partial charge < -0.3 is 10.4 Å². The van der Waals surface area contributed by atoms with Crippen molar-refractivity contribution in [2.24, 2.45) is 5.41 Å². The Morgan fingerprint density at radius 1 is 1.47 bits per heavy atom. The van der Waals surface area contributed by atoms with Crippen molar-refractivity contribution in [3.8, 4) is 0 Å². The fourth-order valence-electron chi connectivity index (χ4n) is 1.77. The molecule has 0 aliphatic rings. The zero-order valence-electron chi connectivity index (χ0n) is 11.3. The molecule has 0 saturated heterocycles. The van der Waals surface area contributed by atoms with Crippen molar-refractivity contribution >= 4 is 34.0 Å². The average molecular weight is 378 g/mol. The highest BCUT2D eigenvalue weighted by molar-refractivity contribution is 14.1. The van der Waals surface area contributed by atoms with Gasteiger partial charge in [0.05, 0.1) is 11.0 Å². The molecular formula is C13H19IN2O3. The molecule has 1 aromatic carbocycles. The van der Waals surface area contributed by atoms with Crippen LogP contribution < -0.4 is 5.32 Å². The highest BCUT2D eigenvalue weighted by Crippen LogP contribution is 2.25. The molecule has 0 fully saturated rings. The summed E-state index contributed by atoms with van der Waals surface area (Å²) in [6.07, 6.45) is 0.259. The van der Waals surface area contributed by atoms with E-state index in [-0.39, 0.29) is 11.1 Å². The van der Waals surface area contributed by atoms with Gasteiger partial charge in [-0.3, -0.25) is 10.1 Å². The van der Waals surface area contributed by atoms with E-state index in [2.05, 4.69) is 26.1 Å². The minimum absolute atomic E-state index is 0.0731. The van der Waals surface area contributed by atoms with Crippen LogP contribution in [0.5, 0.6) is 0 Å². The zero-order valence-corrected chi connectivity index (χ0v) is 13.5. The van der Waals surface area contributed by atoms with Crippen LogP contribution in [0.3, 0.4) is 0 Å². The van der Waals surface area contributed by atoms with E-state index in [4.69, 9.17) is 0 Å². The Hall–Kier alpha value is -0.890. The first-order chi connectivity index (χ1) is 8.69. The SMILES string of the molecule is CC(C)(C)CC(O)CNc1ccc([N+](=O)[O-])cc1I.